The third kappa shape index (κ3) is 3.12. The van der Waals surface area contributed by atoms with Crippen molar-refractivity contribution in [3.63, 3.8) is 0 Å². The smallest absolute Gasteiger partial charge is 0.258 e. The van der Waals surface area contributed by atoms with Crippen LogP contribution in [-0.4, -0.2) is 10.9 Å². The van der Waals surface area contributed by atoms with Gasteiger partial charge < -0.3 is 0 Å². The van der Waals surface area contributed by atoms with E-state index in [1.807, 2.05) is 42.6 Å². The van der Waals surface area contributed by atoms with E-state index in [1.54, 1.807) is 18.2 Å². The van der Waals surface area contributed by atoms with Crippen molar-refractivity contribution in [1.29, 1.82) is 5.26 Å². The number of carbonyl (C=O) groups is 1. The molecule has 0 unspecified atom stereocenters. The van der Waals surface area contributed by atoms with E-state index in [0.29, 0.717) is 16.3 Å². The SMILES string of the molecule is Cc1csc(NC(=O)c2ccccc2-c2ccccc2C#N)n1. The van der Waals surface area contributed by atoms with Crippen LogP contribution in [0.4, 0.5) is 5.13 Å². The van der Waals surface area contributed by atoms with Crippen LogP contribution in [0.3, 0.4) is 0 Å². The zero-order valence-electron chi connectivity index (χ0n) is 12.4. The molecule has 0 saturated carbocycles. The van der Waals surface area contributed by atoms with Gasteiger partial charge in [-0.15, -0.1) is 11.3 Å². The van der Waals surface area contributed by atoms with Gasteiger partial charge in [-0.1, -0.05) is 36.4 Å². The highest BCUT2D eigenvalue weighted by atomic mass is 32.1. The maximum atomic E-state index is 12.6. The first-order valence-electron chi connectivity index (χ1n) is 7.01. The average molecular weight is 319 g/mol. The number of amides is 1. The zero-order chi connectivity index (χ0) is 16.2. The zero-order valence-corrected chi connectivity index (χ0v) is 13.2. The summed E-state index contributed by atoms with van der Waals surface area (Å²) < 4.78 is 0. The standard InChI is InChI=1S/C18H13N3OS/c1-12-11-23-18(20-12)21-17(22)16-9-5-4-8-15(16)14-7-3-2-6-13(14)10-19/h2-9,11H,1H3,(H,20,21,22). The lowest BCUT2D eigenvalue weighted by Crippen LogP contribution is -2.13. The van der Waals surface area contributed by atoms with Crippen LogP contribution in [0.25, 0.3) is 11.1 Å². The summed E-state index contributed by atoms with van der Waals surface area (Å²) in [5.74, 6) is -0.234. The van der Waals surface area contributed by atoms with Crippen molar-refractivity contribution >= 4 is 22.4 Å². The molecule has 1 aromatic heterocycles. The Morgan fingerprint density at radius 3 is 2.52 bits per heavy atom. The van der Waals surface area contributed by atoms with Crippen molar-refractivity contribution in [2.24, 2.45) is 0 Å². The molecule has 1 heterocycles. The number of carbonyl (C=O) groups excluding carboxylic acids is 1. The highest BCUT2D eigenvalue weighted by Gasteiger charge is 2.15. The molecule has 112 valence electrons. The molecule has 0 spiro atoms. The summed E-state index contributed by atoms with van der Waals surface area (Å²) in [6, 6.07) is 16.7. The first-order chi connectivity index (χ1) is 11.2. The van der Waals surface area contributed by atoms with Crippen LogP contribution in [0.15, 0.2) is 53.9 Å². The average Bonchev–Trinajstić information content (AvgIpc) is 2.99. The molecule has 0 saturated heterocycles. The summed E-state index contributed by atoms with van der Waals surface area (Å²) in [6.45, 7) is 1.88. The van der Waals surface area contributed by atoms with Crippen LogP contribution >= 0.6 is 11.3 Å². The van der Waals surface area contributed by atoms with E-state index in [0.717, 1.165) is 16.8 Å². The van der Waals surface area contributed by atoms with Gasteiger partial charge in [0.2, 0.25) is 0 Å². The molecule has 0 bridgehead atoms. The van der Waals surface area contributed by atoms with Gasteiger partial charge in [0, 0.05) is 16.5 Å². The lowest BCUT2D eigenvalue weighted by molar-refractivity contribution is 0.102. The lowest BCUT2D eigenvalue weighted by atomic mass is 9.95. The molecule has 23 heavy (non-hydrogen) atoms. The van der Waals surface area contributed by atoms with Crippen LogP contribution in [0.2, 0.25) is 0 Å². The third-order valence-electron chi connectivity index (χ3n) is 3.35. The van der Waals surface area contributed by atoms with Gasteiger partial charge >= 0.3 is 0 Å². The Hall–Kier alpha value is -2.97. The fourth-order valence-corrected chi connectivity index (χ4v) is 2.99. The second kappa shape index (κ2) is 6.42. The first kappa shape index (κ1) is 14.9. The van der Waals surface area contributed by atoms with Crippen molar-refractivity contribution in [3.05, 3.63) is 70.7 Å². The summed E-state index contributed by atoms with van der Waals surface area (Å²) >= 11 is 1.39. The van der Waals surface area contributed by atoms with Gasteiger partial charge in [-0.3, -0.25) is 10.1 Å². The van der Waals surface area contributed by atoms with Crippen molar-refractivity contribution in [1.82, 2.24) is 4.98 Å². The molecule has 0 atom stereocenters. The van der Waals surface area contributed by atoms with Gasteiger partial charge in [0.25, 0.3) is 5.91 Å². The molecule has 0 aliphatic carbocycles. The number of aromatic nitrogens is 1. The molecule has 0 radical (unpaired) electrons. The van der Waals surface area contributed by atoms with E-state index < -0.39 is 0 Å². The summed E-state index contributed by atoms with van der Waals surface area (Å²) in [7, 11) is 0. The summed E-state index contributed by atoms with van der Waals surface area (Å²) in [5, 5.41) is 14.5. The van der Waals surface area contributed by atoms with E-state index in [4.69, 9.17) is 0 Å². The van der Waals surface area contributed by atoms with Crippen LogP contribution in [0.5, 0.6) is 0 Å². The largest absolute Gasteiger partial charge is 0.298 e. The summed E-state index contributed by atoms with van der Waals surface area (Å²) in [5.41, 5.74) is 3.40. The van der Waals surface area contributed by atoms with Gasteiger partial charge in [-0.2, -0.15) is 5.26 Å². The predicted octanol–water partition coefficient (Wildman–Crippen LogP) is 4.24. The van der Waals surface area contributed by atoms with Crippen molar-refractivity contribution in [2.75, 3.05) is 5.32 Å². The number of nitrogens with one attached hydrogen (secondary N) is 1. The van der Waals surface area contributed by atoms with Crippen LogP contribution in [-0.2, 0) is 0 Å². The number of benzene rings is 2. The van der Waals surface area contributed by atoms with Crippen molar-refractivity contribution in [2.45, 2.75) is 6.92 Å². The second-order valence-corrected chi connectivity index (χ2v) is 5.81. The molecule has 0 fully saturated rings. The third-order valence-corrected chi connectivity index (χ3v) is 4.22. The number of hydrogen-bond acceptors (Lipinski definition) is 4. The summed E-state index contributed by atoms with van der Waals surface area (Å²) in [6.07, 6.45) is 0. The monoisotopic (exact) mass is 319 g/mol. The molecule has 3 aromatic rings. The highest BCUT2D eigenvalue weighted by molar-refractivity contribution is 7.13. The summed E-state index contributed by atoms with van der Waals surface area (Å²) in [4.78, 5) is 16.8. The molecular weight excluding hydrogens is 306 g/mol. The Morgan fingerprint density at radius 1 is 1.13 bits per heavy atom. The highest BCUT2D eigenvalue weighted by Crippen LogP contribution is 2.27. The normalized spacial score (nSPS) is 10.1. The van der Waals surface area contributed by atoms with Crippen LogP contribution < -0.4 is 5.32 Å². The minimum absolute atomic E-state index is 0.234. The Labute approximate surface area is 138 Å². The van der Waals surface area contributed by atoms with E-state index in [-0.39, 0.29) is 5.91 Å². The topological polar surface area (TPSA) is 65.8 Å². The van der Waals surface area contributed by atoms with E-state index in [2.05, 4.69) is 16.4 Å². The first-order valence-corrected chi connectivity index (χ1v) is 7.89. The number of nitriles is 1. The maximum Gasteiger partial charge on any atom is 0.258 e. The Balaban J connectivity index is 2.01. The minimum atomic E-state index is -0.234. The van der Waals surface area contributed by atoms with Gasteiger partial charge in [0.1, 0.15) is 0 Å². The second-order valence-electron chi connectivity index (χ2n) is 4.95. The van der Waals surface area contributed by atoms with Crippen molar-refractivity contribution < 1.29 is 4.79 Å². The number of hydrogen-bond donors (Lipinski definition) is 1. The molecule has 0 aliphatic rings. The maximum absolute atomic E-state index is 12.6. The van der Waals surface area contributed by atoms with Gasteiger partial charge in [-0.25, -0.2) is 4.98 Å². The Kier molecular flexibility index (Phi) is 4.18. The number of aryl methyl sites for hydroxylation is 1. The van der Waals surface area contributed by atoms with E-state index in [1.165, 1.54) is 11.3 Å². The molecule has 2 aromatic carbocycles. The molecule has 5 heteroatoms. The molecular formula is C18H13N3OS. The van der Waals surface area contributed by atoms with E-state index >= 15 is 0 Å². The predicted molar refractivity (Wildman–Crippen MR) is 91.4 cm³/mol. The number of nitrogens with zero attached hydrogens (tertiary/aromatic N) is 2. The minimum Gasteiger partial charge on any atom is -0.298 e. The Bertz CT molecular complexity index is 908. The van der Waals surface area contributed by atoms with Crippen LogP contribution in [0.1, 0.15) is 21.6 Å². The fraction of sp³-hybridized carbons (Fsp3) is 0.0556. The van der Waals surface area contributed by atoms with Crippen molar-refractivity contribution in [3.8, 4) is 17.2 Å². The van der Waals surface area contributed by atoms with Gasteiger partial charge in [0.05, 0.1) is 17.3 Å². The van der Waals surface area contributed by atoms with E-state index in [9.17, 15) is 10.1 Å². The Morgan fingerprint density at radius 2 is 1.83 bits per heavy atom. The molecule has 0 aliphatic heterocycles. The fourth-order valence-electron chi connectivity index (χ4n) is 2.31. The quantitative estimate of drug-likeness (QED) is 0.785. The number of rotatable bonds is 3. The molecule has 4 nitrogen and oxygen atoms in total. The number of anilines is 1. The van der Waals surface area contributed by atoms with Gasteiger partial charge in [0.15, 0.2) is 5.13 Å². The number of thiazole rings is 1. The molecule has 1 N–H and O–H groups in total. The lowest BCUT2D eigenvalue weighted by Gasteiger charge is -2.10. The van der Waals surface area contributed by atoms with Crippen LogP contribution in [0, 0.1) is 18.3 Å². The molecule has 1 amide bonds. The van der Waals surface area contributed by atoms with Gasteiger partial charge in [-0.05, 0) is 24.6 Å². The molecule has 3 rings (SSSR count).